The highest BCUT2D eigenvalue weighted by atomic mass is 14.4. The van der Waals surface area contributed by atoms with Gasteiger partial charge in [0.1, 0.15) is 0 Å². The average molecular weight is 230 g/mol. The van der Waals surface area contributed by atoms with Crippen LogP contribution in [0.2, 0.25) is 0 Å². The summed E-state index contributed by atoms with van der Waals surface area (Å²) in [5, 5.41) is 0. The molecular weight excluding hydrogens is 204 g/mol. The average Bonchev–Trinajstić information content (AvgIpc) is 2.78. The smallest absolute Gasteiger partial charge is 0.0133 e. The third kappa shape index (κ3) is 2.91. The van der Waals surface area contributed by atoms with Crippen LogP contribution in [0, 0.1) is 29.6 Å². The highest BCUT2D eigenvalue weighted by Crippen LogP contribution is 2.49. The van der Waals surface area contributed by atoms with E-state index in [1.165, 1.54) is 18.4 Å². The number of rotatable bonds is 3. The minimum Gasteiger partial charge on any atom is -0.0879 e. The highest BCUT2D eigenvalue weighted by molar-refractivity contribution is 5.17. The first-order valence-electron chi connectivity index (χ1n) is 7.08. The Morgan fingerprint density at radius 1 is 1.24 bits per heavy atom. The van der Waals surface area contributed by atoms with Crippen LogP contribution in [0.4, 0.5) is 0 Å². The molecule has 0 aromatic rings. The molecule has 4 unspecified atom stereocenters. The summed E-state index contributed by atoms with van der Waals surface area (Å²) in [6.07, 6.45) is 14.9. The van der Waals surface area contributed by atoms with Gasteiger partial charge in [0.2, 0.25) is 0 Å². The molecule has 0 amide bonds. The minimum absolute atomic E-state index is 0.685. The molecule has 1 fully saturated rings. The Hall–Kier alpha value is -0.780. The van der Waals surface area contributed by atoms with Crippen molar-refractivity contribution in [3.8, 4) is 0 Å². The van der Waals surface area contributed by atoms with E-state index in [4.69, 9.17) is 0 Å². The van der Waals surface area contributed by atoms with E-state index < -0.39 is 0 Å². The molecule has 0 saturated heterocycles. The summed E-state index contributed by atoms with van der Waals surface area (Å²) in [6, 6.07) is 0. The normalized spacial score (nSPS) is 35.8. The van der Waals surface area contributed by atoms with Crippen molar-refractivity contribution in [2.75, 3.05) is 0 Å². The van der Waals surface area contributed by atoms with Gasteiger partial charge in [-0.15, -0.1) is 0 Å². The van der Waals surface area contributed by atoms with Gasteiger partial charge in [0.05, 0.1) is 0 Å². The molecule has 0 radical (unpaired) electrons. The summed E-state index contributed by atoms with van der Waals surface area (Å²) >= 11 is 0. The van der Waals surface area contributed by atoms with Crippen molar-refractivity contribution in [1.29, 1.82) is 0 Å². The zero-order chi connectivity index (χ0) is 12.4. The lowest BCUT2D eigenvalue weighted by molar-refractivity contribution is 0.412. The zero-order valence-corrected chi connectivity index (χ0v) is 11.7. The van der Waals surface area contributed by atoms with Crippen molar-refractivity contribution >= 4 is 0 Å². The van der Waals surface area contributed by atoms with E-state index >= 15 is 0 Å². The Kier molecular flexibility index (Phi) is 3.91. The van der Waals surface area contributed by atoms with Crippen molar-refractivity contribution in [1.82, 2.24) is 0 Å². The summed E-state index contributed by atoms with van der Waals surface area (Å²) in [5.41, 5.74) is 1.47. The maximum absolute atomic E-state index is 2.50. The van der Waals surface area contributed by atoms with Crippen LogP contribution in [0.3, 0.4) is 0 Å². The van der Waals surface area contributed by atoms with Crippen molar-refractivity contribution in [3.05, 3.63) is 36.0 Å². The zero-order valence-electron chi connectivity index (χ0n) is 11.7. The molecule has 4 atom stereocenters. The fourth-order valence-corrected chi connectivity index (χ4v) is 3.45. The molecule has 0 bridgehead atoms. The molecule has 0 nitrogen and oxygen atoms in total. The SMILES string of the molecule is CC(C)=CC1CC(/C=C/C(C)C)C2CC=CC12. The first-order valence-corrected chi connectivity index (χ1v) is 7.08. The van der Waals surface area contributed by atoms with Gasteiger partial charge in [-0.25, -0.2) is 0 Å². The second-order valence-electron chi connectivity index (χ2n) is 6.34. The molecule has 0 aliphatic heterocycles. The highest BCUT2D eigenvalue weighted by Gasteiger charge is 2.40. The van der Waals surface area contributed by atoms with Gasteiger partial charge >= 0.3 is 0 Å². The van der Waals surface area contributed by atoms with E-state index in [1.54, 1.807) is 0 Å². The van der Waals surface area contributed by atoms with Gasteiger partial charge in [-0.3, -0.25) is 0 Å². The summed E-state index contributed by atoms with van der Waals surface area (Å²) in [5.74, 6) is 3.96. The van der Waals surface area contributed by atoms with E-state index in [1.807, 2.05) is 0 Å². The van der Waals surface area contributed by atoms with Crippen LogP contribution in [0.5, 0.6) is 0 Å². The summed E-state index contributed by atoms with van der Waals surface area (Å²) in [7, 11) is 0. The Labute approximate surface area is 106 Å². The van der Waals surface area contributed by atoms with Crippen molar-refractivity contribution in [2.24, 2.45) is 29.6 Å². The second kappa shape index (κ2) is 5.25. The van der Waals surface area contributed by atoms with Crippen LogP contribution >= 0.6 is 0 Å². The number of allylic oxidation sites excluding steroid dienone is 6. The fraction of sp³-hybridized carbons (Fsp3) is 0.647. The predicted molar refractivity (Wildman–Crippen MR) is 75.7 cm³/mol. The number of fused-ring (bicyclic) bond motifs is 1. The van der Waals surface area contributed by atoms with E-state index in [2.05, 4.69) is 58.1 Å². The molecule has 2 aliphatic rings. The van der Waals surface area contributed by atoms with Gasteiger partial charge in [0.25, 0.3) is 0 Å². The Bertz CT molecular complexity index is 339. The topological polar surface area (TPSA) is 0 Å². The molecular formula is C17H26. The second-order valence-corrected chi connectivity index (χ2v) is 6.34. The van der Waals surface area contributed by atoms with Crippen LogP contribution in [0.15, 0.2) is 36.0 Å². The van der Waals surface area contributed by atoms with Gasteiger partial charge in [0, 0.05) is 0 Å². The molecule has 0 spiro atoms. The van der Waals surface area contributed by atoms with Crippen LogP contribution in [-0.2, 0) is 0 Å². The predicted octanol–water partition coefficient (Wildman–Crippen LogP) is 4.99. The van der Waals surface area contributed by atoms with E-state index in [9.17, 15) is 0 Å². The molecule has 0 aromatic heterocycles. The maximum Gasteiger partial charge on any atom is -0.0133 e. The van der Waals surface area contributed by atoms with Gasteiger partial charge in [-0.1, -0.05) is 49.8 Å². The van der Waals surface area contributed by atoms with Gasteiger partial charge < -0.3 is 0 Å². The van der Waals surface area contributed by atoms with Crippen LogP contribution in [0.25, 0.3) is 0 Å². The summed E-state index contributed by atoms with van der Waals surface area (Å²) in [6.45, 7) is 8.99. The van der Waals surface area contributed by atoms with E-state index in [-0.39, 0.29) is 0 Å². The first kappa shape index (κ1) is 12.7. The van der Waals surface area contributed by atoms with Crippen molar-refractivity contribution in [3.63, 3.8) is 0 Å². The molecule has 2 rings (SSSR count). The summed E-state index contributed by atoms with van der Waals surface area (Å²) in [4.78, 5) is 0. The number of hydrogen-bond donors (Lipinski definition) is 0. The first-order chi connectivity index (χ1) is 8.08. The van der Waals surface area contributed by atoms with Crippen molar-refractivity contribution in [2.45, 2.75) is 40.5 Å². The third-order valence-electron chi connectivity index (χ3n) is 4.14. The lowest BCUT2D eigenvalue weighted by Crippen LogP contribution is -2.09. The van der Waals surface area contributed by atoms with E-state index in [0.29, 0.717) is 5.92 Å². The minimum atomic E-state index is 0.685. The Balaban J connectivity index is 2.10. The van der Waals surface area contributed by atoms with Crippen LogP contribution < -0.4 is 0 Å². The van der Waals surface area contributed by atoms with Crippen molar-refractivity contribution < 1.29 is 0 Å². The monoisotopic (exact) mass is 230 g/mol. The van der Waals surface area contributed by atoms with Crippen LogP contribution in [-0.4, -0.2) is 0 Å². The molecule has 0 heteroatoms. The molecule has 2 aliphatic carbocycles. The lowest BCUT2D eigenvalue weighted by Gasteiger charge is -2.16. The molecule has 1 saturated carbocycles. The molecule has 0 N–H and O–H groups in total. The maximum atomic E-state index is 2.50. The van der Waals surface area contributed by atoms with E-state index in [0.717, 1.165) is 23.7 Å². The Morgan fingerprint density at radius 3 is 2.65 bits per heavy atom. The fourth-order valence-electron chi connectivity index (χ4n) is 3.45. The summed E-state index contributed by atoms with van der Waals surface area (Å²) < 4.78 is 0. The third-order valence-corrected chi connectivity index (χ3v) is 4.14. The van der Waals surface area contributed by atoms with Gasteiger partial charge in [-0.2, -0.15) is 0 Å². The van der Waals surface area contributed by atoms with Gasteiger partial charge in [-0.05, 0) is 56.3 Å². The van der Waals surface area contributed by atoms with Gasteiger partial charge in [0.15, 0.2) is 0 Å². The molecule has 0 heterocycles. The molecule has 17 heavy (non-hydrogen) atoms. The largest absolute Gasteiger partial charge is 0.0879 e. The number of hydrogen-bond acceptors (Lipinski definition) is 0. The molecule has 94 valence electrons. The standard InChI is InChI=1S/C17H26/c1-12(2)8-9-14-11-15(10-13(3)4)17-7-5-6-16(14)17/h5,7-10,12,14-17H,6,11H2,1-4H3/b9-8+. The Morgan fingerprint density at radius 2 is 2.00 bits per heavy atom. The lowest BCUT2D eigenvalue weighted by atomic mass is 9.89. The quantitative estimate of drug-likeness (QED) is 0.599. The van der Waals surface area contributed by atoms with Crippen LogP contribution in [0.1, 0.15) is 40.5 Å². The molecule has 0 aromatic carbocycles.